The van der Waals surface area contributed by atoms with Gasteiger partial charge < -0.3 is 5.32 Å². The number of alkyl halides is 3. The lowest BCUT2D eigenvalue weighted by Gasteiger charge is -2.07. The van der Waals surface area contributed by atoms with Crippen LogP contribution < -0.4 is 5.32 Å². The molecule has 1 aromatic carbocycles. The van der Waals surface area contributed by atoms with Gasteiger partial charge in [0, 0.05) is 36.1 Å². The van der Waals surface area contributed by atoms with Crippen LogP contribution in [-0.2, 0) is 12.7 Å². The van der Waals surface area contributed by atoms with Crippen molar-refractivity contribution in [2.75, 3.05) is 0 Å². The molecular weight excluding hydrogens is 415 g/mol. The monoisotopic (exact) mass is 429 g/mol. The van der Waals surface area contributed by atoms with Crippen LogP contribution in [-0.4, -0.2) is 25.4 Å². The number of carbonyl (C=O) groups is 1. The molecule has 3 aromatic heterocycles. The maximum absolute atomic E-state index is 12.9. The average Bonchev–Trinajstić information content (AvgIpc) is 3.44. The molecule has 0 atom stereocenters. The van der Waals surface area contributed by atoms with Crippen molar-refractivity contribution in [3.05, 3.63) is 83.5 Å². The number of amides is 1. The summed E-state index contributed by atoms with van der Waals surface area (Å²) in [5.74, 6) is 0.288. The second kappa shape index (κ2) is 8.07. The summed E-state index contributed by atoms with van der Waals surface area (Å²) >= 11 is 1.11. The predicted octanol–water partition coefficient (Wildman–Crippen LogP) is 4.34. The molecule has 4 aromatic rings. The first-order chi connectivity index (χ1) is 14.4. The van der Waals surface area contributed by atoms with Crippen LogP contribution in [0.2, 0.25) is 0 Å². The molecule has 4 rings (SSSR count). The molecule has 0 radical (unpaired) electrons. The van der Waals surface area contributed by atoms with Gasteiger partial charge >= 0.3 is 6.18 Å². The van der Waals surface area contributed by atoms with Gasteiger partial charge in [0.05, 0.1) is 5.56 Å². The number of imidazole rings is 1. The first-order valence-corrected chi connectivity index (χ1v) is 9.63. The normalized spacial score (nSPS) is 11.4. The maximum Gasteiger partial charge on any atom is 0.416 e. The molecule has 1 amide bonds. The smallest absolute Gasteiger partial charge is 0.347 e. The highest BCUT2D eigenvalue weighted by Gasteiger charge is 2.30. The van der Waals surface area contributed by atoms with Crippen LogP contribution in [0.25, 0.3) is 16.4 Å². The fourth-order valence-corrected chi connectivity index (χ4v) is 3.48. The zero-order chi connectivity index (χ0) is 21.1. The number of pyridine rings is 1. The summed E-state index contributed by atoms with van der Waals surface area (Å²) in [6.45, 7) is 0.243. The van der Waals surface area contributed by atoms with E-state index in [0.29, 0.717) is 16.4 Å². The van der Waals surface area contributed by atoms with Crippen molar-refractivity contribution in [2.45, 2.75) is 12.7 Å². The number of nitrogens with zero attached hydrogens (tertiary/aromatic N) is 4. The lowest BCUT2D eigenvalue weighted by molar-refractivity contribution is -0.137. The van der Waals surface area contributed by atoms with Crippen LogP contribution in [0.5, 0.6) is 0 Å². The van der Waals surface area contributed by atoms with Gasteiger partial charge in [-0.05, 0) is 23.8 Å². The average molecular weight is 429 g/mol. The molecule has 3 heterocycles. The van der Waals surface area contributed by atoms with Crippen LogP contribution in [0.15, 0.2) is 66.7 Å². The summed E-state index contributed by atoms with van der Waals surface area (Å²) < 4.78 is 40.4. The molecule has 0 fully saturated rings. The zero-order valence-electron chi connectivity index (χ0n) is 15.3. The molecule has 0 spiro atoms. The third-order valence-corrected chi connectivity index (χ3v) is 5.10. The molecule has 152 valence electrons. The number of carbonyl (C=O) groups excluding carboxylic acids is 1. The molecule has 0 unspecified atom stereocenters. The van der Waals surface area contributed by atoms with Gasteiger partial charge in [0.25, 0.3) is 5.91 Å². The van der Waals surface area contributed by atoms with Crippen molar-refractivity contribution < 1.29 is 18.0 Å². The van der Waals surface area contributed by atoms with Gasteiger partial charge in [0.15, 0.2) is 0 Å². The highest BCUT2D eigenvalue weighted by molar-refractivity contribution is 7.13. The molecule has 0 bridgehead atoms. The fraction of sp³-hybridized carbons (Fsp3) is 0.100. The van der Waals surface area contributed by atoms with E-state index in [0.717, 1.165) is 29.0 Å². The van der Waals surface area contributed by atoms with Crippen molar-refractivity contribution in [3.8, 4) is 16.4 Å². The Morgan fingerprint density at radius 2 is 2.07 bits per heavy atom. The molecule has 6 nitrogen and oxygen atoms in total. The van der Waals surface area contributed by atoms with Crippen LogP contribution in [0.4, 0.5) is 13.2 Å². The van der Waals surface area contributed by atoms with E-state index in [1.54, 1.807) is 35.6 Å². The van der Waals surface area contributed by atoms with E-state index in [-0.39, 0.29) is 12.2 Å². The number of hydrogen-bond donors (Lipinski definition) is 1. The SMILES string of the molecule is O=C(NCc1ccc(-n2ccnc2)nc1)c1csc(-c2cccc(C(F)(F)F)c2)n1. The molecule has 30 heavy (non-hydrogen) atoms. The molecule has 0 aliphatic carbocycles. The van der Waals surface area contributed by atoms with Crippen molar-refractivity contribution in [1.82, 2.24) is 24.8 Å². The van der Waals surface area contributed by atoms with Crippen molar-refractivity contribution in [2.24, 2.45) is 0 Å². The standard InChI is InChI=1S/C20H14F3N5OS/c21-20(22,23)15-3-1-2-14(8-15)19-27-16(11-30-19)18(29)26-10-13-4-5-17(25-9-13)28-7-6-24-12-28/h1-9,11-12H,10H2,(H,26,29). The number of aromatic nitrogens is 4. The molecule has 0 saturated carbocycles. The van der Waals surface area contributed by atoms with Crippen molar-refractivity contribution in [3.63, 3.8) is 0 Å². The fourth-order valence-electron chi connectivity index (χ4n) is 2.68. The van der Waals surface area contributed by atoms with E-state index in [2.05, 4.69) is 20.3 Å². The van der Waals surface area contributed by atoms with E-state index in [4.69, 9.17) is 0 Å². The number of rotatable bonds is 5. The minimum Gasteiger partial charge on any atom is -0.347 e. The zero-order valence-corrected chi connectivity index (χ0v) is 16.1. The topological polar surface area (TPSA) is 72.7 Å². The Balaban J connectivity index is 1.41. The molecule has 10 heteroatoms. The Labute approximate surface area is 173 Å². The van der Waals surface area contributed by atoms with Crippen LogP contribution >= 0.6 is 11.3 Å². The van der Waals surface area contributed by atoms with E-state index < -0.39 is 17.6 Å². The minimum absolute atomic E-state index is 0.149. The van der Waals surface area contributed by atoms with Gasteiger partial charge in [-0.1, -0.05) is 18.2 Å². The van der Waals surface area contributed by atoms with E-state index in [1.165, 1.54) is 17.5 Å². The predicted molar refractivity (Wildman–Crippen MR) is 105 cm³/mol. The van der Waals surface area contributed by atoms with Crippen LogP contribution in [0.3, 0.4) is 0 Å². The molecular formula is C20H14F3N5OS. The van der Waals surface area contributed by atoms with Crippen molar-refractivity contribution in [1.29, 1.82) is 0 Å². The number of benzene rings is 1. The van der Waals surface area contributed by atoms with Crippen LogP contribution in [0.1, 0.15) is 21.6 Å². The number of hydrogen-bond acceptors (Lipinski definition) is 5. The summed E-state index contributed by atoms with van der Waals surface area (Å²) in [7, 11) is 0. The number of thiazole rings is 1. The van der Waals surface area contributed by atoms with Gasteiger partial charge in [-0.15, -0.1) is 11.3 Å². The largest absolute Gasteiger partial charge is 0.416 e. The Kier molecular flexibility index (Phi) is 5.32. The lowest BCUT2D eigenvalue weighted by Crippen LogP contribution is -2.23. The summed E-state index contributed by atoms with van der Waals surface area (Å²) in [5.41, 5.74) is 0.497. The van der Waals surface area contributed by atoms with Gasteiger partial charge in [-0.25, -0.2) is 15.0 Å². The molecule has 0 aliphatic rings. The summed E-state index contributed by atoms with van der Waals surface area (Å²) in [6, 6.07) is 8.50. The quantitative estimate of drug-likeness (QED) is 0.512. The first-order valence-electron chi connectivity index (χ1n) is 8.75. The Morgan fingerprint density at radius 1 is 1.20 bits per heavy atom. The Hall–Kier alpha value is -3.53. The number of halogens is 3. The van der Waals surface area contributed by atoms with E-state index >= 15 is 0 Å². The number of nitrogens with one attached hydrogen (secondary N) is 1. The highest BCUT2D eigenvalue weighted by Crippen LogP contribution is 2.33. The second-order valence-corrected chi connectivity index (χ2v) is 7.15. The maximum atomic E-state index is 12.9. The van der Waals surface area contributed by atoms with Gasteiger partial charge in [-0.3, -0.25) is 9.36 Å². The van der Waals surface area contributed by atoms with Gasteiger partial charge in [-0.2, -0.15) is 13.2 Å². The van der Waals surface area contributed by atoms with Gasteiger partial charge in [0.2, 0.25) is 0 Å². The minimum atomic E-state index is -4.44. The first kappa shape index (κ1) is 19.8. The van der Waals surface area contributed by atoms with E-state index in [9.17, 15) is 18.0 Å². The Morgan fingerprint density at radius 3 is 2.77 bits per heavy atom. The Bertz CT molecular complexity index is 1150. The molecule has 0 saturated heterocycles. The van der Waals surface area contributed by atoms with Crippen molar-refractivity contribution >= 4 is 17.2 Å². The summed E-state index contributed by atoms with van der Waals surface area (Å²) in [5, 5.41) is 4.60. The lowest BCUT2D eigenvalue weighted by atomic mass is 10.1. The van der Waals surface area contributed by atoms with Gasteiger partial charge in [0.1, 0.15) is 22.8 Å². The summed E-state index contributed by atoms with van der Waals surface area (Å²) in [4.78, 5) is 24.8. The second-order valence-electron chi connectivity index (χ2n) is 6.29. The molecule has 0 aliphatic heterocycles. The molecule has 1 N–H and O–H groups in total. The third kappa shape index (κ3) is 4.38. The van der Waals surface area contributed by atoms with Crippen LogP contribution in [0, 0.1) is 0 Å². The third-order valence-electron chi connectivity index (χ3n) is 4.20. The van der Waals surface area contributed by atoms with E-state index in [1.807, 2.05) is 6.07 Å². The summed E-state index contributed by atoms with van der Waals surface area (Å²) in [6.07, 6.45) is 2.26. The highest BCUT2D eigenvalue weighted by atomic mass is 32.1.